The molecule has 1 aromatic carbocycles. The molecule has 9 heteroatoms. The van der Waals surface area contributed by atoms with Crippen molar-refractivity contribution in [2.45, 2.75) is 25.8 Å². The van der Waals surface area contributed by atoms with Crippen LogP contribution in [0.1, 0.15) is 20.3 Å². The number of allylic oxidation sites excluding steroid dienone is 1. The van der Waals surface area contributed by atoms with Gasteiger partial charge in [-0.25, -0.2) is 9.37 Å². The summed E-state index contributed by atoms with van der Waals surface area (Å²) in [6, 6.07) is 4.75. The Bertz CT molecular complexity index is 999. The van der Waals surface area contributed by atoms with Gasteiger partial charge in [-0.2, -0.15) is 0 Å². The van der Waals surface area contributed by atoms with Gasteiger partial charge in [0, 0.05) is 11.3 Å². The molecule has 0 saturated heterocycles. The molecule has 0 radical (unpaired) electrons. The van der Waals surface area contributed by atoms with Gasteiger partial charge < -0.3 is 10.8 Å². The van der Waals surface area contributed by atoms with Crippen molar-refractivity contribution < 1.29 is 14.3 Å². The monoisotopic (exact) mass is 420 g/mol. The van der Waals surface area contributed by atoms with E-state index in [2.05, 4.69) is 15.3 Å². The maximum atomic E-state index is 13.7. The summed E-state index contributed by atoms with van der Waals surface area (Å²) in [5.74, 6) is 0.373. The second-order valence-corrected chi connectivity index (χ2v) is 8.64. The summed E-state index contributed by atoms with van der Waals surface area (Å²) in [7, 11) is 0. The number of carbonyl (C=O) groups excluding carboxylic acids is 1. The van der Waals surface area contributed by atoms with Gasteiger partial charge in [-0.05, 0) is 50.1 Å². The summed E-state index contributed by atoms with van der Waals surface area (Å²) in [5, 5.41) is 13.0. The lowest BCUT2D eigenvalue weighted by atomic mass is 9.87. The van der Waals surface area contributed by atoms with Gasteiger partial charge in [0.25, 0.3) is 5.91 Å². The number of alkyl halides is 1. The number of anilines is 1. The minimum atomic E-state index is -0.918. The maximum Gasteiger partial charge on any atom is 0.256 e. The number of rotatable bonds is 5. The van der Waals surface area contributed by atoms with Crippen LogP contribution >= 0.6 is 23.1 Å². The van der Waals surface area contributed by atoms with Gasteiger partial charge in [0.15, 0.2) is 10.3 Å². The van der Waals surface area contributed by atoms with Gasteiger partial charge in [0.2, 0.25) is 0 Å². The Morgan fingerprint density at radius 3 is 2.96 bits per heavy atom. The van der Waals surface area contributed by atoms with Gasteiger partial charge in [0.1, 0.15) is 12.4 Å². The Morgan fingerprint density at radius 2 is 2.29 bits per heavy atom. The smallest absolute Gasteiger partial charge is 0.256 e. The summed E-state index contributed by atoms with van der Waals surface area (Å²) in [5.41, 5.74) is 6.66. The standard InChI is InChI=1S/C19H21FN4O2S2/c1-3-12(19(2)6-7-27-17(21)24-19)8-11(10-20)16(26)23-18-22-14-5-4-13(25)9-15(14)28-18/h3-5,8-9,25H,6-7,10H2,1-2H3,(H2,21,24)(H,22,23,26)/b11-8+,12-3+. The zero-order valence-electron chi connectivity index (χ0n) is 15.5. The Labute approximate surface area is 170 Å². The van der Waals surface area contributed by atoms with Gasteiger partial charge in [-0.3, -0.25) is 15.1 Å². The predicted molar refractivity (Wildman–Crippen MR) is 115 cm³/mol. The fraction of sp³-hybridized carbons (Fsp3) is 0.316. The van der Waals surface area contributed by atoms with Crippen molar-refractivity contribution >= 4 is 49.5 Å². The fourth-order valence-corrected chi connectivity index (χ4v) is 4.81. The maximum absolute atomic E-state index is 13.7. The minimum absolute atomic E-state index is 0.0107. The number of phenols is 1. The van der Waals surface area contributed by atoms with E-state index in [0.717, 1.165) is 22.4 Å². The number of thioether (sulfide) groups is 1. The molecule has 148 valence electrons. The number of fused-ring (bicyclic) bond motifs is 1. The Morgan fingerprint density at radius 1 is 1.50 bits per heavy atom. The fourth-order valence-electron chi connectivity index (χ4n) is 2.94. The number of halogens is 1. The molecule has 4 N–H and O–H groups in total. The molecule has 1 aliphatic heterocycles. The van der Waals surface area contributed by atoms with E-state index in [1.165, 1.54) is 29.2 Å². The van der Waals surface area contributed by atoms with Crippen LogP contribution in [0.2, 0.25) is 0 Å². The lowest BCUT2D eigenvalue weighted by Gasteiger charge is -2.30. The number of aromatic nitrogens is 1. The number of hydrogen-bond acceptors (Lipinski definition) is 7. The van der Waals surface area contributed by atoms with E-state index in [-0.39, 0.29) is 11.3 Å². The molecule has 2 aromatic rings. The van der Waals surface area contributed by atoms with E-state index in [9.17, 15) is 14.3 Å². The molecule has 0 spiro atoms. The van der Waals surface area contributed by atoms with E-state index in [1.54, 1.807) is 18.2 Å². The third kappa shape index (κ3) is 4.36. The van der Waals surface area contributed by atoms with Crippen LogP contribution in [-0.2, 0) is 4.79 Å². The summed E-state index contributed by atoms with van der Waals surface area (Å²) in [6.45, 7) is 2.84. The van der Waals surface area contributed by atoms with Crippen LogP contribution in [0.5, 0.6) is 5.75 Å². The summed E-state index contributed by atoms with van der Waals surface area (Å²) >= 11 is 2.70. The second-order valence-electron chi connectivity index (χ2n) is 6.49. The number of nitrogens with one attached hydrogen (secondary N) is 1. The van der Waals surface area contributed by atoms with Crippen LogP contribution in [0.3, 0.4) is 0 Å². The zero-order valence-corrected chi connectivity index (χ0v) is 17.2. The van der Waals surface area contributed by atoms with Gasteiger partial charge in [0.05, 0.1) is 15.8 Å². The van der Waals surface area contributed by atoms with Crippen LogP contribution in [0, 0.1) is 0 Å². The first-order chi connectivity index (χ1) is 13.3. The Hall–Kier alpha value is -2.39. The average molecular weight is 421 g/mol. The number of carbonyl (C=O) groups is 1. The van der Waals surface area contributed by atoms with Gasteiger partial charge in [-0.1, -0.05) is 29.2 Å². The lowest BCUT2D eigenvalue weighted by Crippen LogP contribution is -2.32. The molecule has 0 saturated carbocycles. The first kappa shape index (κ1) is 20.3. The van der Waals surface area contributed by atoms with Crippen molar-refractivity contribution in [3.05, 3.63) is 41.5 Å². The number of aliphatic imine (C=N–C) groups is 1. The van der Waals surface area contributed by atoms with Crippen molar-refractivity contribution in [1.82, 2.24) is 4.98 Å². The first-order valence-electron chi connectivity index (χ1n) is 8.67. The molecule has 28 heavy (non-hydrogen) atoms. The molecule has 1 aliphatic rings. The van der Waals surface area contributed by atoms with Crippen LogP contribution in [0.25, 0.3) is 10.2 Å². The highest BCUT2D eigenvalue weighted by Crippen LogP contribution is 2.34. The molecule has 1 unspecified atom stereocenters. The van der Waals surface area contributed by atoms with Crippen molar-refractivity contribution in [1.29, 1.82) is 0 Å². The van der Waals surface area contributed by atoms with E-state index in [4.69, 9.17) is 5.73 Å². The molecular formula is C19H21FN4O2S2. The quantitative estimate of drug-likeness (QED) is 0.502. The molecule has 2 heterocycles. The number of amides is 1. The topological polar surface area (TPSA) is 101 Å². The number of aromatic hydroxyl groups is 1. The van der Waals surface area contributed by atoms with Crippen molar-refractivity contribution in [3.63, 3.8) is 0 Å². The van der Waals surface area contributed by atoms with E-state index >= 15 is 0 Å². The highest BCUT2D eigenvalue weighted by Gasteiger charge is 2.30. The SMILES string of the molecule is C/C=C(\C=C(/CF)C(=O)Nc1nc2ccc(O)cc2s1)C1(C)CCSC(N)=N1. The molecule has 1 aromatic heterocycles. The molecular weight excluding hydrogens is 399 g/mol. The molecule has 1 amide bonds. The van der Waals surface area contributed by atoms with Crippen molar-refractivity contribution in [2.75, 3.05) is 17.7 Å². The second kappa shape index (κ2) is 8.32. The van der Waals surface area contributed by atoms with Gasteiger partial charge in [-0.15, -0.1) is 0 Å². The number of amidine groups is 1. The van der Waals surface area contributed by atoms with Gasteiger partial charge >= 0.3 is 0 Å². The van der Waals surface area contributed by atoms with Crippen LogP contribution in [-0.4, -0.2) is 39.1 Å². The summed E-state index contributed by atoms with van der Waals surface area (Å²) in [6.07, 6.45) is 4.12. The lowest BCUT2D eigenvalue weighted by molar-refractivity contribution is -0.113. The third-order valence-electron chi connectivity index (χ3n) is 4.49. The summed E-state index contributed by atoms with van der Waals surface area (Å²) < 4.78 is 14.4. The highest BCUT2D eigenvalue weighted by molar-refractivity contribution is 8.13. The molecule has 0 fully saturated rings. The van der Waals surface area contributed by atoms with E-state index in [1.807, 2.05) is 19.9 Å². The van der Waals surface area contributed by atoms with Crippen LogP contribution < -0.4 is 11.1 Å². The molecule has 6 nitrogen and oxygen atoms in total. The number of nitrogens with zero attached hydrogens (tertiary/aromatic N) is 2. The average Bonchev–Trinajstić information content (AvgIpc) is 3.03. The number of hydrogen-bond donors (Lipinski definition) is 3. The van der Waals surface area contributed by atoms with Crippen molar-refractivity contribution in [3.8, 4) is 5.75 Å². The van der Waals surface area contributed by atoms with E-state index in [0.29, 0.717) is 15.8 Å². The number of phenolic OH excluding ortho intramolecular Hbond substituents is 1. The van der Waals surface area contributed by atoms with Crippen LogP contribution in [0.4, 0.5) is 9.52 Å². The highest BCUT2D eigenvalue weighted by atomic mass is 32.2. The molecule has 1 atom stereocenters. The largest absolute Gasteiger partial charge is 0.508 e. The Kier molecular flexibility index (Phi) is 6.04. The van der Waals surface area contributed by atoms with Crippen molar-refractivity contribution in [2.24, 2.45) is 10.7 Å². The predicted octanol–water partition coefficient (Wildman–Crippen LogP) is 3.99. The van der Waals surface area contributed by atoms with E-state index < -0.39 is 18.1 Å². The zero-order chi connectivity index (χ0) is 20.3. The number of nitrogens with two attached hydrogens (primary N) is 1. The molecule has 0 bridgehead atoms. The van der Waals surface area contributed by atoms with Crippen LogP contribution in [0.15, 0.2) is 46.5 Å². The minimum Gasteiger partial charge on any atom is -0.508 e. The third-order valence-corrected chi connectivity index (χ3v) is 6.22. The first-order valence-corrected chi connectivity index (χ1v) is 10.5. The normalized spacial score (nSPS) is 20.9. The Balaban J connectivity index is 1.84. The molecule has 3 rings (SSSR count). The number of benzene rings is 1. The molecule has 0 aliphatic carbocycles. The number of thiazole rings is 1. The summed E-state index contributed by atoms with van der Waals surface area (Å²) in [4.78, 5) is 21.4.